The van der Waals surface area contributed by atoms with Gasteiger partial charge in [0.1, 0.15) is 6.33 Å². The number of rotatable bonds is 1. The Balaban J connectivity index is 2.65. The molecule has 5 heteroatoms. The standard InChI is InChI=1S/C11H10Cl2N2O/c1-6-3-8-9(4-7(6)2)15(5-14-8)11(16)10(12)13/h3-5,10H,1-2H3. The first-order valence-electron chi connectivity index (χ1n) is 4.77. The number of aryl methyl sites for hydroxylation is 2. The second-order valence-electron chi connectivity index (χ2n) is 3.68. The van der Waals surface area contributed by atoms with E-state index in [2.05, 4.69) is 4.98 Å². The van der Waals surface area contributed by atoms with Crippen LogP contribution in [0.5, 0.6) is 0 Å². The van der Waals surface area contributed by atoms with E-state index in [0.717, 1.165) is 22.2 Å². The second-order valence-corrected chi connectivity index (χ2v) is 4.77. The van der Waals surface area contributed by atoms with Crippen LogP contribution in [0.2, 0.25) is 0 Å². The number of carbonyl (C=O) groups is 1. The Hall–Kier alpha value is -1.06. The van der Waals surface area contributed by atoms with E-state index in [4.69, 9.17) is 23.2 Å². The van der Waals surface area contributed by atoms with Gasteiger partial charge in [0, 0.05) is 0 Å². The van der Waals surface area contributed by atoms with Crippen molar-refractivity contribution >= 4 is 40.1 Å². The Labute approximate surface area is 103 Å². The van der Waals surface area contributed by atoms with Crippen molar-refractivity contribution in [2.75, 3.05) is 0 Å². The molecule has 1 heterocycles. The minimum Gasteiger partial charge on any atom is -0.271 e. The molecule has 3 nitrogen and oxygen atoms in total. The van der Waals surface area contributed by atoms with Gasteiger partial charge in [0.15, 0.2) is 4.84 Å². The molecule has 0 amide bonds. The van der Waals surface area contributed by atoms with E-state index in [0.29, 0.717) is 0 Å². The van der Waals surface area contributed by atoms with Gasteiger partial charge in [0.2, 0.25) is 0 Å². The third-order valence-corrected chi connectivity index (χ3v) is 2.96. The molecule has 0 saturated carbocycles. The molecule has 0 spiro atoms. The van der Waals surface area contributed by atoms with Gasteiger partial charge >= 0.3 is 0 Å². The van der Waals surface area contributed by atoms with Gasteiger partial charge in [-0.3, -0.25) is 9.36 Å². The van der Waals surface area contributed by atoms with Crippen molar-refractivity contribution in [1.82, 2.24) is 9.55 Å². The lowest BCUT2D eigenvalue weighted by Gasteiger charge is -2.04. The molecular formula is C11H10Cl2N2O. The summed E-state index contributed by atoms with van der Waals surface area (Å²) in [5, 5.41) is 0. The van der Waals surface area contributed by atoms with Crippen LogP contribution in [0.15, 0.2) is 18.5 Å². The zero-order chi connectivity index (χ0) is 11.9. The second kappa shape index (κ2) is 4.07. The molecule has 0 radical (unpaired) electrons. The van der Waals surface area contributed by atoms with E-state index < -0.39 is 4.84 Å². The summed E-state index contributed by atoms with van der Waals surface area (Å²) in [5.74, 6) is -0.380. The minimum absolute atomic E-state index is 0.380. The lowest BCUT2D eigenvalue weighted by atomic mass is 10.1. The molecule has 0 saturated heterocycles. The summed E-state index contributed by atoms with van der Waals surface area (Å²) in [6.45, 7) is 3.98. The van der Waals surface area contributed by atoms with Gasteiger partial charge in [0.25, 0.3) is 5.91 Å². The Morgan fingerprint density at radius 1 is 1.31 bits per heavy atom. The first kappa shape index (κ1) is 11.4. The maximum Gasteiger partial charge on any atom is 0.265 e. The van der Waals surface area contributed by atoms with Crippen LogP contribution in [-0.2, 0) is 0 Å². The molecular weight excluding hydrogens is 247 g/mol. The van der Waals surface area contributed by atoms with Crippen molar-refractivity contribution < 1.29 is 4.79 Å². The number of nitrogens with zero attached hydrogens (tertiary/aromatic N) is 2. The fourth-order valence-electron chi connectivity index (χ4n) is 1.54. The monoisotopic (exact) mass is 256 g/mol. The predicted octanol–water partition coefficient (Wildman–Crippen LogP) is 3.10. The molecule has 1 aromatic carbocycles. The molecule has 0 bridgehead atoms. The van der Waals surface area contributed by atoms with Crippen molar-refractivity contribution in [1.29, 1.82) is 0 Å². The maximum atomic E-state index is 11.7. The van der Waals surface area contributed by atoms with Crippen molar-refractivity contribution in [3.8, 4) is 0 Å². The van der Waals surface area contributed by atoms with Gasteiger partial charge in [-0.15, -0.1) is 0 Å². The lowest BCUT2D eigenvalue weighted by molar-refractivity contribution is 0.0934. The molecule has 0 aliphatic rings. The van der Waals surface area contributed by atoms with Crippen LogP contribution in [0.3, 0.4) is 0 Å². The molecule has 1 aromatic heterocycles. The first-order chi connectivity index (χ1) is 7.50. The van der Waals surface area contributed by atoms with Gasteiger partial charge in [-0.05, 0) is 37.1 Å². The summed E-state index contributed by atoms with van der Waals surface area (Å²) in [5.41, 5.74) is 3.74. The van der Waals surface area contributed by atoms with Crippen molar-refractivity contribution in [3.05, 3.63) is 29.6 Å². The third-order valence-electron chi connectivity index (χ3n) is 2.59. The molecule has 0 unspecified atom stereocenters. The highest BCUT2D eigenvalue weighted by atomic mass is 35.5. The Morgan fingerprint density at radius 2 is 1.94 bits per heavy atom. The average Bonchev–Trinajstić information content (AvgIpc) is 2.60. The van der Waals surface area contributed by atoms with Gasteiger partial charge < -0.3 is 0 Å². The van der Waals surface area contributed by atoms with Crippen LogP contribution in [0.4, 0.5) is 0 Å². The SMILES string of the molecule is Cc1cc2ncn(C(=O)C(Cl)Cl)c2cc1C. The normalized spacial score (nSPS) is 11.3. The fraction of sp³-hybridized carbons (Fsp3) is 0.273. The average molecular weight is 257 g/mol. The van der Waals surface area contributed by atoms with Crippen molar-refractivity contribution in [2.45, 2.75) is 18.7 Å². The number of hydrogen-bond donors (Lipinski definition) is 0. The molecule has 0 atom stereocenters. The van der Waals surface area contributed by atoms with Gasteiger partial charge in [-0.2, -0.15) is 0 Å². The summed E-state index contributed by atoms with van der Waals surface area (Å²) in [6, 6.07) is 3.84. The topological polar surface area (TPSA) is 34.9 Å². The van der Waals surface area contributed by atoms with E-state index in [1.54, 1.807) is 0 Å². The maximum absolute atomic E-state index is 11.7. The van der Waals surface area contributed by atoms with Crippen LogP contribution in [-0.4, -0.2) is 20.3 Å². The molecule has 16 heavy (non-hydrogen) atoms. The summed E-state index contributed by atoms with van der Waals surface area (Å²) >= 11 is 11.1. The number of benzene rings is 1. The number of hydrogen-bond acceptors (Lipinski definition) is 2. The zero-order valence-corrected chi connectivity index (χ0v) is 10.4. The van der Waals surface area contributed by atoms with Crippen molar-refractivity contribution in [3.63, 3.8) is 0 Å². The summed E-state index contributed by atoms with van der Waals surface area (Å²) < 4.78 is 1.38. The summed E-state index contributed by atoms with van der Waals surface area (Å²) in [7, 11) is 0. The molecule has 84 valence electrons. The van der Waals surface area contributed by atoms with E-state index in [-0.39, 0.29) is 5.91 Å². The molecule has 2 rings (SSSR count). The van der Waals surface area contributed by atoms with Crippen molar-refractivity contribution in [2.24, 2.45) is 0 Å². The number of aromatic nitrogens is 2. The number of alkyl halides is 2. The zero-order valence-electron chi connectivity index (χ0n) is 8.87. The largest absolute Gasteiger partial charge is 0.271 e. The fourth-order valence-corrected chi connectivity index (χ4v) is 1.76. The summed E-state index contributed by atoms with van der Waals surface area (Å²) in [6.07, 6.45) is 1.45. The first-order valence-corrected chi connectivity index (χ1v) is 5.64. The molecule has 0 aliphatic carbocycles. The van der Waals surface area contributed by atoms with Crippen LogP contribution in [0.1, 0.15) is 15.9 Å². The third kappa shape index (κ3) is 1.81. The van der Waals surface area contributed by atoms with Crippen LogP contribution in [0.25, 0.3) is 11.0 Å². The number of imidazole rings is 1. The highest BCUT2D eigenvalue weighted by molar-refractivity contribution is 6.53. The van der Waals surface area contributed by atoms with Crippen LogP contribution < -0.4 is 0 Å². The highest BCUT2D eigenvalue weighted by Gasteiger charge is 2.17. The van der Waals surface area contributed by atoms with E-state index in [1.165, 1.54) is 10.9 Å². The molecule has 0 fully saturated rings. The minimum atomic E-state index is -1.07. The predicted molar refractivity (Wildman–Crippen MR) is 65.3 cm³/mol. The molecule has 0 N–H and O–H groups in total. The van der Waals surface area contributed by atoms with Gasteiger partial charge in [0.05, 0.1) is 11.0 Å². The number of fused-ring (bicyclic) bond motifs is 1. The van der Waals surface area contributed by atoms with E-state index in [9.17, 15) is 4.79 Å². The Bertz CT molecular complexity index is 560. The Kier molecular flexibility index (Phi) is 2.91. The molecule has 0 aliphatic heterocycles. The highest BCUT2D eigenvalue weighted by Crippen LogP contribution is 2.19. The van der Waals surface area contributed by atoms with Crippen LogP contribution >= 0.6 is 23.2 Å². The Morgan fingerprint density at radius 3 is 2.56 bits per heavy atom. The smallest absolute Gasteiger partial charge is 0.265 e. The number of halogens is 2. The van der Waals surface area contributed by atoms with Crippen LogP contribution in [0, 0.1) is 13.8 Å². The van der Waals surface area contributed by atoms with Gasteiger partial charge in [-0.1, -0.05) is 23.2 Å². The lowest BCUT2D eigenvalue weighted by Crippen LogP contribution is -2.16. The quantitative estimate of drug-likeness (QED) is 0.736. The van der Waals surface area contributed by atoms with E-state index in [1.807, 2.05) is 26.0 Å². The van der Waals surface area contributed by atoms with Gasteiger partial charge in [-0.25, -0.2) is 4.98 Å². The summed E-state index contributed by atoms with van der Waals surface area (Å²) in [4.78, 5) is 14.8. The molecule has 2 aromatic rings. The number of carbonyl (C=O) groups excluding carboxylic acids is 1. The van der Waals surface area contributed by atoms with E-state index >= 15 is 0 Å².